The molecule has 152 valence electrons. The van der Waals surface area contributed by atoms with Crippen molar-refractivity contribution in [2.45, 2.75) is 19.4 Å². The molecule has 1 aliphatic rings. The van der Waals surface area contributed by atoms with Gasteiger partial charge in [0.25, 0.3) is 5.91 Å². The number of benzene rings is 2. The Balaban J connectivity index is 1.69. The van der Waals surface area contributed by atoms with Crippen LogP contribution < -0.4 is 10.6 Å². The predicted molar refractivity (Wildman–Crippen MR) is 115 cm³/mol. The number of halogens is 1. The molecule has 0 bridgehead atoms. The number of nitrogens with zero attached hydrogens (tertiary/aromatic N) is 2. The fourth-order valence-electron chi connectivity index (χ4n) is 3.34. The van der Waals surface area contributed by atoms with E-state index in [9.17, 15) is 14.7 Å². The SMILES string of the molecule is CCc1ccc(NC(=O)c2cnn3c2NC(C(=O)O)=C[C@H]3c2cccc(Cl)c2)cc1. The van der Waals surface area contributed by atoms with E-state index in [0.717, 1.165) is 17.5 Å². The predicted octanol–water partition coefficient (Wildman–Crippen LogP) is 4.33. The Hall–Kier alpha value is -3.58. The summed E-state index contributed by atoms with van der Waals surface area (Å²) in [7, 11) is 0. The average molecular weight is 423 g/mol. The molecule has 0 saturated heterocycles. The molecule has 1 aromatic heterocycles. The summed E-state index contributed by atoms with van der Waals surface area (Å²) < 4.78 is 1.58. The van der Waals surface area contributed by atoms with Crippen LogP contribution >= 0.6 is 11.6 Å². The highest BCUT2D eigenvalue weighted by atomic mass is 35.5. The van der Waals surface area contributed by atoms with Gasteiger partial charge in [0.15, 0.2) is 0 Å². The minimum atomic E-state index is -1.13. The normalized spacial score (nSPS) is 15.0. The van der Waals surface area contributed by atoms with E-state index in [1.54, 1.807) is 29.0 Å². The number of anilines is 2. The Morgan fingerprint density at radius 1 is 1.23 bits per heavy atom. The maximum atomic E-state index is 12.9. The van der Waals surface area contributed by atoms with Crippen molar-refractivity contribution in [1.82, 2.24) is 9.78 Å². The van der Waals surface area contributed by atoms with Gasteiger partial charge in [0.05, 0.1) is 12.2 Å². The van der Waals surface area contributed by atoms with Gasteiger partial charge in [0.1, 0.15) is 17.1 Å². The van der Waals surface area contributed by atoms with Crippen LogP contribution in [-0.2, 0) is 11.2 Å². The largest absolute Gasteiger partial charge is 0.477 e. The lowest BCUT2D eigenvalue weighted by Crippen LogP contribution is -2.25. The van der Waals surface area contributed by atoms with Crippen LogP contribution in [0, 0.1) is 0 Å². The smallest absolute Gasteiger partial charge is 0.352 e. The van der Waals surface area contributed by atoms with Crippen molar-refractivity contribution in [3.63, 3.8) is 0 Å². The monoisotopic (exact) mass is 422 g/mol. The van der Waals surface area contributed by atoms with Crippen molar-refractivity contribution in [3.8, 4) is 0 Å². The van der Waals surface area contributed by atoms with Crippen LogP contribution in [0.1, 0.15) is 34.5 Å². The molecule has 3 N–H and O–H groups in total. The van der Waals surface area contributed by atoms with E-state index >= 15 is 0 Å². The van der Waals surface area contributed by atoms with Gasteiger partial charge in [-0.2, -0.15) is 5.10 Å². The molecule has 7 nitrogen and oxygen atoms in total. The first-order chi connectivity index (χ1) is 14.5. The molecule has 30 heavy (non-hydrogen) atoms. The highest BCUT2D eigenvalue weighted by molar-refractivity contribution is 6.30. The number of aryl methyl sites for hydroxylation is 1. The topological polar surface area (TPSA) is 96.3 Å². The molecular formula is C22H19ClN4O3. The van der Waals surface area contributed by atoms with E-state index in [-0.39, 0.29) is 17.2 Å². The van der Waals surface area contributed by atoms with E-state index in [4.69, 9.17) is 11.6 Å². The molecule has 3 aromatic rings. The first-order valence-electron chi connectivity index (χ1n) is 9.41. The molecule has 0 saturated carbocycles. The van der Waals surface area contributed by atoms with Crippen LogP contribution in [0.2, 0.25) is 5.02 Å². The zero-order chi connectivity index (χ0) is 21.3. The van der Waals surface area contributed by atoms with Crippen LogP contribution in [0.15, 0.2) is 66.5 Å². The van der Waals surface area contributed by atoms with Gasteiger partial charge in [0.2, 0.25) is 0 Å². The molecular weight excluding hydrogens is 404 g/mol. The van der Waals surface area contributed by atoms with Crippen molar-refractivity contribution in [2.75, 3.05) is 10.6 Å². The Morgan fingerprint density at radius 2 is 2.00 bits per heavy atom. The van der Waals surface area contributed by atoms with Crippen molar-refractivity contribution in [2.24, 2.45) is 0 Å². The summed E-state index contributed by atoms with van der Waals surface area (Å²) in [5, 5.41) is 20.1. The van der Waals surface area contributed by atoms with Crippen LogP contribution in [-0.4, -0.2) is 26.8 Å². The fourth-order valence-corrected chi connectivity index (χ4v) is 3.54. The first kappa shape index (κ1) is 19.7. The molecule has 1 amide bonds. The minimum Gasteiger partial charge on any atom is -0.477 e. The number of amides is 1. The number of rotatable bonds is 5. The Morgan fingerprint density at radius 3 is 2.67 bits per heavy atom. The van der Waals surface area contributed by atoms with Gasteiger partial charge in [-0.15, -0.1) is 0 Å². The third-order valence-corrected chi connectivity index (χ3v) is 5.16. The van der Waals surface area contributed by atoms with Gasteiger partial charge < -0.3 is 15.7 Å². The summed E-state index contributed by atoms with van der Waals surface area (Å²) in [4.78, 5) is 24.6. The molecule has 0 fully saturated rings. The quantitative estimate of drug-likeness (QED) is 0.568. The molecule has 0 unspecified atom stereocenters. The number of carboxylic acid groups (broad SMARTS) is 1. The summed E-state index contributed by atoms with van der Waals surface area (Å²) in [6.45, 7) is 2.06. The van der Waals surface area contributed by atoms with E-state index in [1.807, 2.05) is 30.3 Å². The Kier molecular flexibility index (Phi) is 5.29. The van der Waals surface area contributed by atoms with Crippen LogP contribution in [0.5, 0.6) is 0 Å². The zero-order valence-electron chi connectivity index (χ0n) is 16.1. The van der Waals surface area contributed by atoms with Crippen LogP contribution in [0.25, 0.3) is 0 Å². The number of allylic oxidation sites excluding steroid dienone is 1. The van der Waals surface area contributed by atoms with Gasteiger partial charge in [0, 0.05) is 10.7 Å². The van der Waals surface area contributed by atoms with Crippen molar-refractivity contribution < 1.29 is 14.7 Å². The summed E-state index contributed by atoms with van der Waals surface area (Å²) in [6.07, 6.45) is 3.87. The number of hydrogen-bond acceptors (Lipinski definition) is 4. The van der Waals surface area contributed by atoms with Crippen molar-refractivity contribution >= 4 is 35.0 Å². The second-order valence-corrected chi connectivity index (χ2v) is 7.30. The van der Waals surface area contributed by atoms with Crippen molar-refractivity contribution in [3.05, 3.63) is 88.2 Å². The number of fused-ring (bicyclic) bond motifs is 1. The Labute approximate surface area is 178 Å². The number of carbonyl (C=O) groups excluding carboxylic acids is 1. The summed E-state index contributed by atoms with van der Waals surface area (Å²) in [6, 6.07) is 14.1. The highest BCUT2D eigenvalue weighted by Crippen LogP contribution is 2.33. The molecule has 1 atom stereocenters. The third kappa shape index (κ3) is 3.79. The summed E-state index contributed by atoms with van der Waals surface area (Å²) >= 11 is 6.11. The van der Waals surface area contributed by atoms with Crippen LogP contribution in [0.3, 0.4) is 0 Å². The Bertz CT molecular complexity index is 1150. The number of carbonyl (C=O) groups is 2. The number of carboxylic acids is 1. The molecule has 8 heteroatoms. The van der Waals surface area contributed by atoms with Crippen molar-refractivity contribution in [1.29, 1.82) is 0 Å². The second-order valence-electron chi connectivity index (χ2n) is 6.87. The zero-order valence-corrected chi connectivity index (χ0v) is 16.8. The highest BCUT2D eigenvalue weighted by Gasteiger charge is 2.29. The summed E-state index contributed by atoms with van der Waals surface area (Å²) in [5.74, 6) is -1.21. The van der Waals surface area contributed by atoms with Gasteiger partial charge in [-0.05, 0) is 47.9 Å². The van der Waals surface area contributed by atoms with E-state index < -0.39 is 12.0 Å². The molecule has 1 aliphatic heterocycles. The van der Waals surface area contributed by atoms with E-state index in [1.165, 1.54) is 6.20 Å². The number of hydrogen-bond donors (Lipinski definition) is 3. The lowest BCUT2D eigenvalue weighted by molar-refractivity contribution is -0.132. The molecule has 2 heterocycles. The minimum absolute atomic E-state index is 0.0330. The molecule has 4 rings (SSSR count). The number of nitrogens with one attached hydrogen (secondary N) is 2. The first-order valence-corrected chi connectivity index (χ1v) is 9.79. The second kappa shape index (κ2) is 8.04. The molecule has 2 aromatic carbocycles. The maximum absolute atomic E-state index is 12.9. The van der Waals surface area contributed by atoms with E-state index in [0.29, 0.717) is 16.5 Å². The van der Waals surface area contributed by atoms with E-state index in [2.05, 4.69) is 22.7 Å². The van der Waals surface area contributed by atoms with Gasteiger partial charge in [-0.3, -0.25) is 4.79 Å². The molecule has 0 aliphatic carbocycles. The average Bonchev–Trinajstić information content (AvgIpc) is 3.17. The molecule has 0 radical (unpaired) electrons. The van der Waals surface area contributed by atoms with Crippen LogP contribution in [0.4, 0.5) is 11.5 Å². The number of aromatic nitrogens is 2. The van der Waals surface area contributed by atoms with Gasteiger partial charge >= 0.3 is 5.97 Å². The molecule has 0 spiro atoms. The van der Waals surface area contributed by atoms with Gasteiger partial charge in [-0.25, -0.2) is 9.48 Å². The number of aliphatic carboxylic acids is 1. The maximum Gasteiger partial charge on any atom is 0.352 e. The lowest BCUT2D eigenvalue weighted by atomic mass is 10.0. The lowest BCUT2D eigenvalue weighted by Gasteiger charge is -2.24. The third-order valence-electron chi connectivity index (χ3n) is 4.92. The summed E-state index contributed by atoms with van der Waals surface area (Å²) in [5.41, 5.74) is 2.78. The van der Waals surface area contributed by atoms with Gasteiger partial charge in [-0.1, -0.05) is 42.8 Å². The standard InChI is InChI=1S/C22H19ClN4O3/c1-2-13-6-8-16(9-7-13)25-21(28)17-12-24-27-19(14-4-3-5-15(23)10-14)11-18(22(29)30)26-20(17)27/h3-12,19,26H,2H2,1H3,(H,25,28)(H,29,30)/t19-/m0/s1. The fraction of sp³-hybridized carbons (Fsp3) is 0.136.